The lowest BCUT2D eigenvalue weighted by atomic mass is 10.1. The second kappa shape index (κ2) is 9.34. The van der Waals surface area contributed by atoms with Crippen LogP contribution in [0.3, 0.4) is 0 Å². The van der Waals surface area contributed by atoms with Gasteiger partial charge in [-0.15, -0.1) is 0 Å². The van der Waals surface area contributed by atoms with Crippen molar-refractivity contribution in [1.82, 2.24) is 9.47 Å². The van der Waals surface area contributed by atoms with Crippen LogP contribution in [0.1, 0.15) is 54.5 Å². The van der Waals surface area contributed by atoms with Gasteiger partial charge in [0, 0.05) is 30.9 Å². The molecule has 4 rings (SSSR count). The number of aryl methyl sites for hydroxylation is 1. The first-order valence-electron chi connectivity index (χ1n) is 11.2. The third-order valence-electron chi connectivity index (χ3n) is 6.31. The topological polar surface area (TPSA) is 25.2 Å². The number of nitrogens with zero attached hydrogens (tertiary/aromatic N) is 2. The van der Waals surface area contributed by atoms with E-state index in [1.54, 1.807) is 0 Å². The van der Waals surface area contributed by atoms with Gasteiger partial charge in [0.15, 0.2) is 0 Å². The van der Waals surface area contributed by atoms with Gasteiger partial charge in [0.05, 0.1) is 6.54 Å². The van der Waals surface area contributed by atoms with Gasteiger partial charge in [-0.2, -0.15) is 0 Å². The van der Waals surface area contributed by atoms with E-state index in [-0.39, 0.29) is 5.92 Å². The lowest BCUT2D eigenvalue weighted by Gasteiger charge is -2.24. The van der Waals surface area contributed by atoms with Crippen molar-refractivity contribution in [2.24, 2.45) is 5.92 Å². The molecule has 1 heterocycles. The van der Waals surface area contributed by atoms with Crippen molar-refractivity contribution < 1.29 is 4.79 Å². The van der Waals surface area contributed by atoms with Crippen LogP contribution in [0.5, 0.6) is 0 Å². The minimum absolute atomic E-state index is 0.143. The normalized spacial score (nSPS) is 17.7. The van der Waals surface area contributed by atoms with Crippen molar-refractivity contribution >= 4 is 5.91 Å². The largest absolute Gasteiger partial charge is 0.345 e. The third-order valence-corrected chi connectivity index (χ3v) is 6.31. The molecule has 3 aromatic rings. The molecule has 0 unspecified atom stereocenters. The van der Waals surface area contributed by atoms with Crippen molar-refractivity contribution in [3.63, 3.8) is 0 Å². The van der Waals surface area contributed by atoms with E-state index in [4.69, 9.17) is 0 Å². The highest BCUT2D eigenvalue weighted by Crippen LogP contribution is 2.48. The zero-order valence-electron chi connectivity index (χ0n) is 18.1. The highest BCUT2D eigenvalue weighted by molar-refractivity contribution is 5.83. The summed E-state index contributed by atoms with van der Waals surface area (Å²) in [6.45, 7) is 6.72. The van der Waals surface area contributed by atoms with E-state index in [1.165, 1.54) is 22.4 Å². The number of hydrogen-bond acceptors (Lipinski definition) is 1. The summed E-state index contributed by atoms with van der Waals surface area (Å²) < 4.78 is 2.29. The highest BCUT2D eigenvalue weighted by Gasteiger charge is 2.45. The first-order chi connectivity index (χ1) is 14.7. The van der Waals surface area contributed by atoms with Crippen molar-refractivity contribution in [3.8, 4) is 0 Å². The van der Waals surface area contributed by atoms with Crippen LogP contribution in [0.2, 0.25) is 0 Å². The van der Waals surface area contributed by atoms with Crippen LogP contribution >= 0.6 is 0 Å². The summed E-state index contributed by atoms with van der Waals surface area (Å²) in [7, 11) is 0. The maximum atomic E-state index is 13.4. The molecule has 1 aliphatic carbocycles. The molecule has 0 spiro atoms. The predicted molar refractivity (Wildman–Crippen MR) is 122 cm³/mol. The van der Waals surface area contributed by atoms with E-state index in [0.717, 1.165) is 32.4 Å². The second-order valence-corrected chi connectivity index (χ2v) is 8.53. The van der Waals surface area contributed by atoms with Crippen LogP contribution in [0.25, 0.3) is 0 Å². The Morgan fingerprint density at radius 3 is 2.57 bits per heavy atom. The van der Waals surface area contributed by atoms with Crippen molar-refractivity contribution in [1.29, 1.82) is 0 Å². The molecule has 0 N–H and O–H groups in total. The Morgan fingerprint density at radius 1 is 1.03 bits per heavy atom. The minimum atomic E-state index is 0.143. The fourth-order valence-electron chi connectivity index (χ4n) is 4.30. The SMILES string of the molecule is CCCCN(Cc1cccn1Cc1ccccc1C)C(=O)[C@@H]1C[C@H]1c1ccccc1. The van der Waals surface area contributed by atoms with Gasteiger partial charge in [0.25, 0.3) is 0 Å². The van der Waals surface area contributed by atoms with Crippen LogP contribution in [-0.4, -0.2) is 21.9 Å². The number of unbranched alkanes of at least 4 members (excludes halogenated alkanes) is 1. The fourth-order valence-corrected chi connectivity index (χ4v) is 4.30. The van der Waals surface area contributed by atoms with Gasteiger partial charge in [0.2, 0.25) is 5.91 Å². The number of carbonyl (C=O) groups is 1. The Kier molecular flexibility index (Phi) is 6.37. The summed E-state index contributed by atoms with van der Waals surface area (Å²) in [5, 5.41) is 0. The molecule has 2 aromatic carbocycles. The van der Waals surface area contributed by atoms with E-state index in [1.807, 2.05) is 6.07 Å². The molecule has 1 aromatic heterocycles. The molecule has 0 radical (unpaired) electrons. The molecule has 30 heavy (non-hydrogen) atoms. The predicted octanol–water partition coefficient (Wildman–Crippen LogP) is 5.78. The number of aromatic nitrogens is 1. The number of amides is 1. The average Bonchev–Trinajstić information content (AvgIpc) is 3.46. The highest BCUT2D eigenvalue weighted by atomic mass is 16.2. The quantitative estimate of drug-likeness (QED) is 0.447. The molecule has 1 saturated carbocycles. The molecular weight excluding hydrogens is 368 g/mol. The van der Waals surface area contributed by atoms with E-state index < -0.39 is 0 Å². The average molecular weight is 401 g/mol. The zero-order valence-corrected chi connectivity index (χ0v) is 18.1. The Labute approximate surface area is 180 Å². The van der Waals surface area contributed by atoms with Gasteiger partial charge in [-0.25, -0.2) is 0 Å². The maximum absolute atomic E-state index is 13.4. The summed E-state index contributed by atoms with van der Waals surface area (Å²) >= 11 is 0. The molecular formula is C27H32N2O. The maximum Gasteiger partial charge on any atom is 0.226 e. The molecule has 3 nitrogen and oxygen atoms in total. The summed E-state index contributed by atoms with van der Waals surface area (Å²) in [4.78, 5) is 15.5. The van der Waals surface area contributed by atoms with Crippen LogP contribution in [0.4, 0.5) is 0 Å². The molecule has 2 atom stereocenters. The van der Waals surface area contributed by atoms with Crippen molar-refractivity contribution in [2.75, 3.05) is 6.54 Å². The van der Waals surface area contributed by atoms with Crippen LogP contribution < -0.4 is 0 Å². The van der Waals surface area contributed by atoms with Crippen molar-refractivity contribution in [3.05, 3.63) is 95.3 Å². The number of hydrogen-bond donors (Lipinski definition) is 0. The standard InChI is InChI=1S/C27H32N2O/c1-3-4-16-29(27(30)26-18-25(26)22-12-6-5-7-13-22)20-24-15-10-17-28(24)19-23-14-9-8-11-21(23)2/h5-15,17,25-26H,3-4,16,18-20H2,1-2H3/t25-,26+/m0/s1. The zero-order chi connectivity index (χ0) is 20.9. The van der Waals surface area contributed by atoms with E-state index in [0.29, 0.717) is 18.4 Å². The van der Waals surface area contributed by atoms with E-state index in [9.17, 15) is 4.79 Å². The van der Waals surface area contributed by atoms with Crippen LogP contribution in [-0.2, 0) is 17.9 Å². The third kappa shape index (κ3) is 4.67. The van der Waals surface area contributed by atoms with Crippen LogP contribution in [0, 0.1) is 12.8 Å². The van der Waals surface area contributed by atoms with Crippen molar-refractivity contribution in [2.45, 2.75) is 52.1 Å². The van der Waals surface area contributed by atoms with Gasteiger partial charge in [-0.1, -0.05) is 67.9 Å². The van der Waals surface area contributed by atoms with Gasteiger partial charge in [0.1, 0.15) is 0 Å². The fraction of sp³-hybridized carbons (Fsp3) is 0.370. The molecule has 1 aliphatic rings. The molecule has 1 fully saturated rings. The molecule has 156 valence electrons. The second-order valence-electron chi connectivity index (χ2n) is 8.53. The summed E-state index contributed by atoms with van der Waals surface area (Å²) in [6.07, 6.45) is 5.26. The minimum Gasteiger partial charge on any atom is -0.345 e. The summed E-state index contributed by atoms with van der Waals surface area (Å²) in [5.41, 5.74) is 5.14. The molecule has 3 heteroatoms. The number of carbonyl (C=O) groups excluding carboxylic acids is 1. The molecule has 1 amide bonds. The van der Waals surface area contributed by atoms with Gasteiger partial charge < -0.3 is 9.47 Å². The summed E-state index contributed by atoms with van der Waals surface area (Å²) in [6, 6.07) is 23.3. The van der Waals surface area contributed by atoms with E-state index >= 15 is 0 Å². The smallest absolute Gasteiger partial charge is 0.226 e. The first-order valence-corrected chi connectivity index (χ1v) is 11.2. The lowest BCUT2D eigenvalue weighted by molar-refractivity contribution is -0.133. The monoisotopic (exact) mass is 400 g/mol. The Hall–Kier alpha value is -2.81. The Morgan fingerprint density at radius 2 is 1.80 bits per heavy atom. The molecule has 0 bridgehead atoms. The first kappa shape index (κ1) is 20.5. The van der Waals surface area contributed by atoms with Gasteiger partial charge in [-0.05, 0) is 54.5 Å². The Balaban J connectivity index is 1.47. The van der Waals surface area contributed by atoms with E-state index in [2.05, 4.69) is 90.2 Å². The molecule has 0 saturated heterocycles. The van der Waals surface area contributed by atoms with Gasteiger partial charge in [-0.3, -0.25) is 4.79 Å². The molecule has 0 aliphatic heterocycles. The summed E-state index contributed by atoms with van der Waals surface area (Å²) in [5.74, 6) is 0.853. The van der Waals surface area contributed by atoms with Gasteiger partial charge >= 0.3 is 0 Å². The lowest BCUT2D eigenvalue weighted by Crippen LogP contribution is -2.34. The van der Waals surface area contributed by atoms with Crippen LogP contribution in [0.15, 0.2) is 72.9 Å². The number of benzene rings is 2. The Bertz CT molecular complexity index is 975. The number of rotatable bonds is 9.